The largest absolute Gasteiger partial charge is 0.356 e. The highest BCUT2D eigenvalue weighted by molar-refractivity contribution is 5.94. The Labute approximate surface area is 139 Å². The van der Waals surface area contributed by atoms with Crippen LogP contribution in [0.2, 0.25) is 0 Å². The molecule has 1 heterocycles. The lowest BCUT2D eigenvalue weighted by Crippen LogP contribution is -2.43. The highest BCUT2D eigenvalue weighted by atomic mass is 16.2. The molecule has 0 aliphatic carbocycles. The van der Waals surface area contributed by atoms with Gasteiger partial charge in [-0.25, -0.2) is 0 Å². The van der Waals surface area contributed by atoms with Crippen molar-refractivity contribution in [2.45, 2.75) is 46.0 Å². The lowest BCUT2D eigenvalue weighted by molar-refractivity contribution is -0.126. The molecule has 0 atom stereocenters. The number of rotatable bonds is 5. The first-order valence-corrected chi connectivity index (χ1v) is 8.69. The molecule has 0 radical (unpaired) electrons. The van der Waals surface area contributed by atoms with Crippen LogP contribution in [0.1, 0.15) is 61.9 Å². The zero-order valence-corrected chi connectivity index (χ0v) is 14.5. The third-order valence-corrected chi connectivity index (χ3v) is 4.53. The number of carbonyl (C=O) groups excluding carboxylic acids is 2. The first-order chi connectivity index (χ1) is 11.0. The molecule has 0 unspecified atom stereocenters. The molecule has 1 fully saturated rings. The Balaban J connectivity index is 1.89. The first kappa shape index (κ1) is 17.5. The third kappa shape index (κ3) is 4.57. The van der Waals surface area contributed by atoms with Gasteiger partial charge in [-0.3, -0.25) is 9.59 Å². The van der Waals surface area contributed by atoms with Crippen LogP contribution >= 0.6 is 0 Å². The number of hydrogen-bond donors (Lipinski definition) is 1. The maximum absolute atomic E-state index is 12.6. The summed E-state index contributed by atoms with van der Waals surface area (Å²) in [6.07, 6.45) is 2.46. The molecule has 2 amide bonds. The number of likely N-dealkylation sites (tertiary alicyclic amines) is 1. The van der Waals surface area contributed by atoms with Crippen LogP contribution in [0, 0.1) is 5.92 Å². The van der Waals surface area contributed by atoms with E-state index in [1.807, 2.05) is 36.1 Å². The molecule has 0 aromatic heterocycles. The van der Waals surface area contributed by atoms with Crippen LogP contribution in [-0.4, -0.2) is 36.3 Å². The fraction of sp³-hybridized carbons (Fsp3) is 0.579. The number of amides is 2. The van der Waals surface area contributed by atoms with E-state index in [1.165, 1.54) is 5.56 Å². The van der Waals surface area contributed by atoms with E-state index in [0.717, 1.165) is 31.4 Å². The fourth-order valence-corrected chi connectivity index (χ4v) is 2.93. The Kier molecular flexibility index (Phi) is 6.20. The van der Waals surface area contributed by atoms with Gasteiger partial charge in [-0.1, -0.05) is 32.9 Å². The molecule has 1 aromatic rings. The van der Waals surface area contributed by atoms with Crippen LogP contribution in [0.4, 0.5) is 0 Å². The van der Waals surface area contributed by atoms with Crippen molar-refractivity contribution in [1.82, 2.24) is 10.2 Å². The second-order valence-corrected chi connectivity index (χ2v) is 6.63. The summed E-state index contributed by atoms with van der Waals surface area (Å²) in [6.45, 7) is 8.40. The van der Waals surface area contributed by atoms with Gasteiger partial charge in [-0.2, -0.15) is 0 Å². The van der Waals surface area contributed by atoms with Gasteiger partial charge in [0, 0.05) is 31.1 Å². The number of piperidine rings is 1. The lowest BCUT2D eigenvalue weighted by Gasteiger charge is -2.31. The Morgan fingerprint density at radius 2 is 1.78 bits per heavy atom. The van der Waals surface area contributed by atoms with E-state index in [-0.39, 0.29) is 17.7 Å². The van der Waals surface area contributed by atoms with Crippen molar-refractivity contribution in [3.63, 3.8) is 0 Å². The van der Waals surface area contributed by atoms with Crippen molar-refractivity contribution >= 4 is 11.8 Å². The average Bonchev–Trinajstić information content (AvgIpc) is 2.59. The van der Waals surface area contributed by atoms with E-state index in [1.54, 1.807) is 0 Å². The Hall–Kier alpha value is -1.84. The summed E-state index contributed by atoms with van der Waals surface area (Å²) < 4.78 is 0. The second-order valence-electron chi connectivity index (χ2n) is 6.63. The van der Waals surface area contributed by atoms with Crippen LogP contribution in [-0.2, 0) is 4.79 Å². The number of hydrogen-bond acceptors (Lipinski definition) is 2. The molecule has 0 saturated carbocycles. The molecule has 0 bridgehead atoms. The highest BCUT2D eigenvalue weighted by Crippen LogP contribution is 2.20. The smallest absolute Gasteiger partial charge is 0.253 e. The fourth-order valence-electron chi connectivity index (χ4n) is 2.93. The molecule has 1 aliphatic rings. The van der Waals surface area contributed by atoms with E-state index < -0.39 is 0 Å². The normalized spacial score (nSPS) is 15.7. The van der Waals surface area contributed by atoms with Crippen LogP contribution in [0.25, 0.3) is 0 Å². The van der Waals surface area contributed by atoms with Crippen LogP contribution < -0.4 is 5.32 Å². The van der Waals surface area contributed by atoms with E-state index in [0.29, 0.717) is 19.0 Å². The van der Waals surface area contributed by atoms with Gasteiger partial charge in [0.1, 0.15) is 0 Å². The zero-order valence-electron chi connectivity index (χ0n) is 14.5. The number of nitrogens with zero attached hydrogens (tertiary/aromatic N) is 1. The van der Waals surface area contributed by atoms with Gasteiger partial charge in [0.15, 0.2) is 0 Å². The summed E-state index contributed by atoms with van der Waals surface area (Å²) in [5.41, 5.74) is 1.98. The topological polar surface area (TPSA) is 49.4 Å². The second kappa shape index (κ2) is 8.14. The van der Waals surface area contributed by atoms with Gasteiger partial charge < -0.3 is 10.2 Å². The van der Waals surface area contributed by atoms with Crippen molar-refractivity contribution in [2.24, 2.45) is 5.92 Å². The van der Waals surface area contributed by atoms with E-state index >= 15 is 0 Å². The maximum atomic E-state index is 12.6. The molecule has 4 heteroatoms. The van der Waals surface area contributed by atoms with Gasteiger partial charge in [-0.05, 0) is 42.9 Å². The number of nitrogens with one attached hydrogen (secondary N) is 1. The van der Waals surface area contributed by atoms with Gasteiger partial charge >= 0.3 is 0 Å². The van der Waals surface area contributed by atoms with Crippen molar-refractivity contribution in [3.8, 4) is 0 Å². The molecule has 23 heavy (non-hydrogen) atoms. The van der Waals surface area contributed by atoms with Crippen LogP contribution in [0.3, 0.4) is 0 Å². The third-order valence-electron chi connectivity index (χ3n) is 4.53. The molecular formula is C19H28N2O2. The molecule has 4 nitrogen and oxygen atoms in total. The zero-order chi connectivity index (χ0) is 16.8. The van der Waals surface area contributed by atoms with Gasteiger partial charge in [0.2, 0.25) is 5.91 Å². The molecule has 126 valence electrons. The van der Waals surface area contributed by atoms with Gasteiger partial charge in [0.25, 0.3) is 5.91 Å². The SMILES string of the molecule is CCCNC(=O)C1CCN(C(=O)c2ccc(C(C)C)cc2)CC1. The minimum absolute atomic E-state index is 0.0499. The standard InChI is InChI=1S/C19H28N2O2/c1-4-11-20-18(22)16-9-12-21(13-10-16)19(23)17-7-5-15(6-8-17)14(2)3/h5-8,14,16H,4,9-13H2,1-3H3,(H,20,22). The monoisotopic (exact) mass is 316 g/mol. The summed E-state index contributed by atoms with van der Waals surface area (Å²) in [7, 11) is 0. The molecule has 1 N–H and O–H groups in total. The number of benzene rings is 1. The van der Waals surface area contributed by atoms with E-state index in [4.69, 9.17) is 0 Å². The predicted molar refractivity (Wildman–Crippen MR) is 92.5 cm³/mol. The Morgan fingerprint density at radius 1 is 1.17 bits per heavy atom. The molecule has 0 spiro atoms. The summed E-state index contributed by atoms with van der Waals surface area (Å²) in [5.74, 6) is 0.735. The first-order valence-electron chi connectivity index (χ1n) is 8.69. The van der Waals surface area contributed by atoms with Crippen LogP contribution in [0.15, 0.2) is 24.3 Å². The van der Waals surface area contributed by atoms with Crippen molar-refractivity contribution in [1.29, 1.82) is 0 Å². The summed E-state index contributed by atoms with van der Waals surface area (Å²) in [6, 6.07) is 7.89. The molecule has 1 aromatic carbocycles. The maximum Gasteiger partial charge on any atom is 0.253 e. The van der Waals surface area contributed by atoms with Crippen molar-refractivity contribution < 1.29 is 9.59 Å². The van der Waals surface area contributed by atoms with Crippen molar-refractivity contribution in [2.75, 3.05) is 19.6 Å². The Bertz CT molecular complexity index is 529. The molecule has 1 aliphatic heterocycles. The molecular weight excluding hydrogens is 288 g/mol. The van der Waals surface area contributed by atoms with Gasteiger partial charge in [-0.15, -0.1) is 0 Å². The Morgan fingerprint density at radius 3 is 2.30 bits per heavy atom. The molecule has 1 saturated heterocycles. The van der Waals surface area contributed by atoms with Crippen LogP contribution in [0.5, 0.6) is 0 Å². The predicted octanol–water partition coefficient (Wildman–Crippen LogP) is 3.19. The quantitative estimate of drug-likeness (QED) is 0.907. The summed E-state index contributed by atoms with van der Waals surface area (Å²) >= 11 is 0. The number of carbonyl (C=O) groups is 2. The van der Waals surface area contributed by atoms with Gasteiger partial charge in [0.05, 0.1) is 0 Å². The highest BCUT2D eigenvalue weighted by Gasteiger charge is 2.27. The summed E-state index contributed by atoms with van der Waals surface area (Å²) in [4.78, 5) is 26.4. The van der Waals surface area contributed by atoms with E-state index in [9.17, 15) is 9.59 Å². The lowest BCUT2D eigenvalue weighted by atomic mass is 9.95. The van der Waals surface area contributed by atoms with E-state index in [2.05, 4.69) is 19.2 Å². The summed E-state index contributed by atoms with van der Waals surface area (Å²) in [5, 5.41) is 2.95. The minimum atomic E-state index is 0.0499. The van der Waals surface area contributed by atoms with Crippen molar-refractivity contribution in [3.05, 3.63) is 35.4 Å². The minimum Gasteiger partial charge on any atom is -0.356 e. The molecule has 2 rings (SSSR count). The average molecular weight is 316 g/mol.